The molecule has 1 rings (SSSR count). The molecule has 1 N–H and O–H groups in total. The summed E-state index contributed by atoms with van der Waals surface area (Å²) in [5.74, 6) is 0.544. The van der Waals surface area contributed by atoms with Crippen LogP contribution in [0.2, 0.25) is 0 Å². The Labute approximate surface area is 74.9 Å². The molecule has 0 saturated heterocycles. The van der Waals surface area contributed by atoms with Crippen molar-refractivity contribution in [1.29, 1.82) is 0 Å². The zero-order valence-corrected chi connectivity index (χ0v) is 8.09. The second kappa shape index (κ2) is 3.61. The van der Waals surface area contributed by atoms with Crippen molar-refractivity contribution < 1.29 is 0 Å². The molecular formula is C11H17N. The quantitative estimate of drug-likeness (QED) is 0.617. The van der Waals surface area contributed by atoms with E-state index in [0.717, 1.165) is 0 Å². The molecule has 1 aliphatic rings. The van der Waals surface area contributed by atoms with Crippen molar-refractivity contribution in [3.63, 3.8) is 0 Å². The topological polar surface area (TPSA) is 12.0 Å². The number of hydrogen-bond acceptors (Lipinski definition) is 1. The maximum Gasteiger partial charge on any atom is 0.0328 e. The van der Waals surface area contributed by atoms with Crippen LogP contribution in [-0.4, -0.2) is 6.04 Å². The molecule has 0 radical (unpaired) electrons. The maximum atomic E-state index is 3.78. The zero-order valence-electron chi connectivity index (χ0n) is 8.09. The summed E-state index contributed by atoms with van der Waals surface area (Å²) < 4.78 is 0. The molecule has 0 aromatic carbocycles. The summed E-state index contributed by atoms with van der Waals surface area (Å²) in [6.45, 7) is 10.3. The Morgan fingerprint density at radius 3 is 2.58 bits per heavy atom. The molecular weight excluding hydrogens is 146 g/mol. The van der Waals surface area contributed by atoms with E-state index in [0.29, 0.717) is 12.0 Å². The molecule has 0 fully saturated rings. The molecule has 2 atom stereocenters. The SMILES string of the molecule is C=C/C(C)=C(/C)C1C=CNC1C. The van der Waals surface area contributed by atoms with Gasteiger partial charge >= 0.3 is 0 Å². The highest BCUT2D eigenvalue weighted by molar-refractivity contribution is 5.28. The zero-order chi connectivity index (χ0) is 9.14. The van der Waals surface area contributed by atoms with Gasteiger partial charge in [0.1, 0.15) is 0 Å². The summed E-state index contributed by atoms with van der Waals surface area (Å²) >= 11 is 0. The van der Waals surface area contributed by atoms with E-state index in [1.807, 2.05) is 12.3 Å². The van der Waals surface area contributed by atoms with E-state index in [1.165, 1.54) is 11.1 Å². The first-order valence-corrected chi connectivity index (χ1v) is 4.39. The maximum absolute atomic E-state index is 3.78. The van der Waals surface area contributed by atoms with Crippen LogP contribution in [0.1, 0.15) is 20.8 Å². The fourth-order valence-electron chi connectivity index (χ4n) is 1.52. The third kappa shape index (κ3) is 1.60. The van der Waals surface area contributed by atoms with Gasteiger partial charge in [0, 0.05) is 12.0 Å². The predicted octanol–water partition coefficient (Wildman–Crippen LogP) is 2.63. The average molecular weight is 163 g/mol. The fraction of sp³-hybridized carbons (Fsp3) is 0.455. The molecule has 66 valence electrons. The molecule has 12 heavy (non-hydrogen) atoms. The molecule has 0 bridgehead atoms. The first-order valence-electron chi connectivity index (χ1n) is 4.39. The Hall–Kier alpha value is -0.980. The highest BCUT2D eigenvalue weighted by Crippen LogP contribution is 2.23. The van der Waals surface area contributed by atoms with E-state index >= 15 is 0 Å². The van der Waals surface area contributed by atoms with Crippen LogP contribution in [-0.2, 0) is 0 Å². The van der Waals surface area contributed by atoms with Gasteiger partial charge in [0.05, 0.1) is 0 Å². The molecule has 0 aliphatic carbocycles. The largest absolute Gasteiger partial charge is 0.388 e. The lowest BCUT2D eigenvalue weighted by Crippen LogP contribution is -2.23. The molecule has 0 aromatic rings. The molecule has 1 nitrogen and oxygen atoms in total. The third-order valence-electron chi connectivity index (χ3n) is 2.63. The standard InChI is InChI=1S/C11H17N/c1-5-8(2)9(3)11-6-7-12-10(11)4/h5-7,10-12H,1H2,2-4H3/b9-8-. The summed E-state index contributed by atoms with van der Waals surface area (Å²) in [5.41, 5.74) is 2.71. The van der Waals surface area contributed by atoms with Crippen molar-refractivity contribution >= 4 is 0 Å². The minimum atomic E-state index is 0.528. The van der Waals surface area contributed by atoms with Gasteiger partial charge in [-0.25, -0.2) is 0 Å². The fourth-order valence-corrected chi connectivity index (χ4v) is 1.52. The summed E-state index contributed by atoms with van der Waals surface area (Å²) in [6.07, 6.45) is 6.18. The van der Waals surface area contributed by atoms with Crippen LogP contribution in [0.15, 0.2) is 36.1 Å². The number of rotatable bonds is 2. The van der Waals surface area contributed by atoms with Gasteiger partial charge in [-0.3, -0.25) is 0 Å². The van der Waals surface area contributed by atoms with Gasteiger partial charge in [-0.15, -0.1) is 0 Å². The predicted molar refractivity (Wildman–Crippen MR) is 53.8 cm³/mol. The third-order valence-corrected chi connectivity index (χ3v) is 2.63. The second-order valence-corrected chi connectivity index (χ2v) is 3.41. The smallest absolute Gasteiger partial charge is 0.0328 e. The normalized spacial score (nSPS) is 29.6. The Morgan fingerprint density at radius 2 is 2.17 bits per heavy atom. The van der Waals surface area contributed by atoms with Gasteiger partial charge < -0.3 is 5.32 Å². The number of hydrogen-bond donors (Lipinski definition) is 1. The van der Waals surface area contributed by atoms with Crippen LogP contribution < -0.4 is 5.32 Å². The van der Waals surface area contributed by atoms with E-state index in [9.17, 15) is 0 Å². The van der Waals surface area contributed by atoms with Crippen LogP contribution in [0.3, 0.4) is 0 Å². The van der Waals surface area contributed by atoms with Crippen molar-refractivity contribution in [2.45, 2.75) is 26.8 Å². The van der Waals surface area contributed by atoms with Gasteiger partial charge in [-0.05, 0) is 27.0 Å². The van der Waals surface area contributed by atoms with Gasteiger partial charge in [-0.2, -0.15) is 0 Å². The van der Waals surface area contributed by atoms with E-state index in [4.69, 9.17) is 0 Å². The van der Waals surface area contributed by atoms with Crippen LogP contribution >= 0.6 is 0 Å². The van der Waals surface area contributed by atoms with E-state index < -0.39 is 0 Å². The summed E-state index contributed by atoms with van der Waals surface area (Å²) in [5, 5.41) is 3.28. The van der Waals surface area contributed by atoms with E-state index in [1.54, 1.807) is 0 Å². The summed E-state index contributed by atoms with van der Waals surface area (Å²) in [7, 11) is 0. The molecule has 0 amide bonds. The minimum absolute atomic E-state index is 0.528. The number of allylic oxidation sites excluding steroid dienone is 2. The van der Waals surface area contributed by atoms with Gasteiger partial charge in [0.25, 0.3) is 0 Å². The molecule has 0 aromatic heterocycles. The van der Waals surface area contributed by atoms with Crippen molar-refractivity contribution in [3.8, 4) is 0 Å². The molecule has 0 spiro atoms. The first-order chi connectivity index (χ1) is 5.66. The monoisotopic (exact) mass is 163 g/mol. The molecule has 2 unspecified atom stereocenters. The summed E-state index contributed by atoms with van der Waals surface area (Å²) in [6, 6.07) is 0.528. The Morgan fingerprint density at radius 1 is 1.50 bits per heavy atom. The average Bonchev–Trinajstić information content (AvgIpc) is 2.48. The molecule has 1 aliphatic heterocycles. The van der Waals surface area contributed by atoms with Crippen molar-refractivity contribution in [3.05, 3.63) is 36.1 Å². The van der Waals surface area contributed by atoms with Crippen LogP contribution in [0.25, 0.3) is 0 Å². The highest BCUT2D eigenvalue weighted by atomic mass is 14.9. The highest BCUT2D eigenvalue weighted by Gasteiger charge is 2.19. The molecule has 1 heteroatoms. The Balaban J connectivity index is 2.82. The molecule has 0 saturated carbocycles. The van der Waals surface area contributed by atoms with Gasteiger partial charge in [0.2, 0.25) is 0 Å². The number of nitrogens with one attached hydrogen (secondary N) is 1. The van der Waals surface area contributed by atoms with Crippen LogP contribution in [0, 0.1) is 5.92 Å². The van der Waals surface area contributed by atoms with Crippen molar-refractivity contribution in [2.24, 2.45) is 5.92 Å². The minimum Gasteiger partial charge on any atom is -0.388 e. The lowest BCUT2D eigenvalue weighted by molar-refractivity contribution is 0.573. The lowest BCUT2D eigenvalue weighted by atomic mass is 9.92. The van der Waals surface area contributed by atoms with Crippen LogP contribution in [0.4, 0.5) is 0 Å². The van der Waals surface area contributed by atoms with Crippen LogP contribution in [0.5, 0.6) is 0 Å². The van der Waals surface area contributed by atoms with Crippen molar-refractivity contribution in [2.75, 3.05) is 0 Å². The summed E-state index contributed by atoms with van der Waals surface area (Å²) in [4.78, 5) is 0. The van der Waals surface area contributed by atoms with E-state index in [2.05, 4.69) is 38.7 Å². The van der Waals surface area contributed by atoms with Crippen molar-refractivity contribution in [1.82, 2.24) is 5.32 Å². The lowest BCUT2D eigenvalue weighted by Gasteiger charge is -2.17. The molecule has 1 heterocycles. The van der Waals surface area contributed by atoms with Gasteiger partial charge in [-0.1, -0.05) is 29.9 Å². The Bertz CT molecular complexity index is 235. The second-order valence-electron chi connectivity index (χ2n) is 3.41. The van der Waals surface area contributed by atoms with E-state index in [-0.39, 0.29) is 0 Å². The Kier molecular flexibility index (Phi) is 2.74. The van der Waals surface area contributed by atoms with Gasteiger partial charge in [0.15, 0.2) is 0 Å². The first kappa shape index (κ1) is 9.11.